The molecule has 3 aromatic carbocycles. The number of carbonyl (C=O) groups excluding carboxylic acids is 2. The summed E-state index contributed by atoms with van der Waals surface area (Å²) >= 11 is 9.20. The first-order valence-corrected chi connectivity index (χ1v) is 11.1. The fourth-order valence-electron chi connectivity index (χ4n) is 3.08. The quantitative estimate of drug-likeness (QED) is 0.234. The number of benzene rings is 3. The zero-order chi connectivity index (χ0) is 24.7. The second-order valence-electron chi connectivity index (χ2n) is 7.11. The first-order chi connectivity index (χ1) is 16.1. The van der Waals surface area contributed by atoms with Crippen LogP contribution in [-0.4, -0.2) is 24.7 Å². The van der Waals surface area contributed by atoms with Gasteiger partial charge in [-0.15, -0.1) is 0 Å². The molecule has 1 amide bonds. The zero-order valence-electron chi connectivity index (χ0n) is 17.5. The number of amides is 1. The molecule has 0 heterocycles. The molecule has 1 unspecified atom stereocenters. The molecule has 176 valence electrons. The predicted octanol–water partition coefficient (Wildman–Crippen LogP) is 7.00. The van der Waals surface area contributed by atoms with Gasteiger partial charge in [0.05, 0.1) is 0 Å². The van der Waals surface area contributed by atoms with Crippen LogP contribution in [0.5, 0.6) is 0 Å². The van der Waals surface area contributed by atoms with E-state index >= 15 is 0 Å². The number of esters is 1. The van der Waals surface area contributed by atoms with Crippen LogP contribution in [0, 0.1) is 0 Å². The Balaban J connectivity index is 2.04. The van der Waals surface area contributed by atoms with Crippen molar-refractivity contribution < 1.29 is 27.5 Å². The average Bonchev–Trinajstić information content (AvgIpc) is 2.81. The molecule has 0 fully saturated rings. The van der Waals surface area contributed by atoms with E-state index in [4.69, 9.17) is 11.6 Å². The maximum Gasteiger partial charge on any atom is 0.422 e. The van der Waals surface area contributed by atoms with Gasteiger partial charge in [0, 0.05) is 21.3 Å². The standard InChI is InChI=1S/C25H18BrClF3NO3/c26-19-9-13-21(14-10-19)31(22(32)15-8-17-6-11-20(27)12-7-17)23(18-4-2-1-3-5-18)24(33)34-16-25(28,29)30/h1-15,23H,16H2/b15-8+. The van der Waals surface area contributed by atoms with Crippen LogP contribution in [-0.2, 0) is 14.3 Å². The molecule has 0 radical (unpaired) electrons. The average molecular weight is 553 g/mol. The van der Waals surface area contributed by atoms with Crippen molar-refractivity contribution in [3.63, 3.8) is 0 Å². The lowest BCUT2D eigenvalue weighted by Crippen LogP contribution is -2.40. The summed E-state index contributed by atoms with van der Waals surface area (Å²) in [7, 11) is 0. The highest BCUT2D eigenvalue weighted by atomic mass is 79.9. The zero-order valence-corrected chi connectivity index (χ0v) is 19.8. The molecule has 4 nitrogen and oxygen atoms in total. The van der Waals surface area contributed by atoms with Crippen molar-refractivity contribution in [3.8, 4) is 0 Å². The van der Waals surface area contributed by atoms with Crippen LogP contribution in [0.3, 0.4) is 0 Å². The minimum Gasteiger partial charge on any atom is -0.454 e. The first-order valence-electron chi connectivity index (χ1n) is 9.95. The number of alkyl halides is 3. The van der Waals surface area contributed by atoms with Gasteiger partial charge in [-0.3, -0.25) is 9.69 Å². The topological polar surface area (TPSA) is 46.6 Å². The van der Waals surface area contributed by atoms with Gasteiger partial charge in [0.1, 0.15) is 0 Å². The van der Waals surface area contributed by atoms with Gasteiger partial charge in [0.15, 0.2) is 12.6 Å². The van der Waals surface area contributed by atoms with Crippen molar-refractivity contribution in [2.75, 3.05) is 11.5 Å². The minimum atomic E-state index is -4.71. The van der Waals surface area contributed by atoms with Crippen molar-refractivity contribution in [1.82, 2.24) is 0 Å². The van der Waals surface area contributed by atoms with E-state index in [9.17, 15) is 22.8 Å². The van der Waals surface area contributed by atoms with Gasteiger partial charge in [0.2, 0.25) is 0 Å². The number of halogens is 5. The molecule has 0 N–H and O–H groups in total. The molecular formula is C25H18BrClF3NO3. The Bertz CT molecular complexity index is 1150. The lowest BCUT2D eigenvalue weighted by molar-refractivity contribution is -0.187. The number of carbonyl (C=O) groups is 2. The van der Waals surface area contributed by atoms with Gasteiger partial charge in [-0.25, -0.2) is 4.79 Å². The summed E-state index contributed by atoms with van der Waals surface area (Å²) in [6.07, 6.45) is -1.95. The van der Waals surface area contributed by atoms with E-state index < -0.39 is 30.7 Å². The van der Waals surface area contributed by atoms with Crippen LogP contribution < -0.4 is 4.90 Å². The summed E-state index contributed by atoms with van der Waals surface area (Å²) in [4.78, 5) is 27.4. The van der Waals surface area contributed by atoms with Crippen LogP contribution in [0.1, 0.15) is 17.2 Å². The SMILES string of the molecule is O=C(OCC(F)(F)F)C(c1ccccc1)N(C(=O)/C=C/c1ccc(Cl)cc1)c1ccc(Br)cc1. The van der Waals surface area contributed by atoms with Crippen LogP contribution in [0.2, 0.25) is 5.02 Å². The third-order valence-corrected chi connectivity index (χ3v) is 5.39. The van der Waals surface area contributed by atoms with E-state index in [2.05, 4.69) is 20.7 Å². The Morgan fingerprint density at radius 1 is 0.971 bits per heavy atom. The van der Waals surface area contributed by atoms with Gasteiger partial charge in [-0.1, -0.05) is 70.0 Å². The Morgan fingerprint density at radius 2 is 1.59 bits per heavy atom. The van der Waals surface area contributed by atoms with E-state index in [0.29, 0.717) is 21.8 Å². The summed E-state index contributed by atoms with van der Waals surface area (Å²) in [6, 6.07) is 19.7. The van der Waals surface area contributed by atoms with Gasteiger partial charge in [-0.05, 0) is 53.6 Å². The smallest absolute Gasteiger partial charge is 0.422 e. The monoisotopic (exact) mass is 551 g/mol. The Morgan fingerprint density at radius 3 is 2.18 bits per heavy atom. The van der Waals surface area contributed by atoms with Crippen molar-refractivity contribution in [2.45, 2.75) is 12.2 Å². The minimum absolute atomic E-state index is 0.297. The third-order valence-electron chi connectivity index (χ3n) is 4.61. The Hall–Kier alpha value is -3.10. The number of ether oxygens (including phenoxy) is 1. The fraction of sp³-hybridized carbons (Fsp3) is 0.120. The molecule has 0 aliphatic heterocycles. The lowest BCUT2D eigenvalue weighted by Gasteiger charge is -2.30. The number of hydrogen-bond acceptors (Lipinski definition) is 3. The Labute approximate surface area is 207 Å². The number of hydrogen-bond donors (Lipinski definition) is 0. The Kier molecular flexibility index (Phi) is 8.52. The van der Waals surface area contributed by atoms with Crippen molar-refractivity contribution in [1.29, 1.82) is 0 Å². The normalized spacial score (nSPS) is 12.4. The van der Waals surface area contributed by atoms with Crippen LogP contribution in [0.15, 0.2) is 89.4 Å². The van der Waals surface area contributed by atoms with E-state index in [1.165, 1.54) is 12.2 Å². The second kappa shape index (κ2) is 11.4. The second-order valence-corrected chi connectivity index (χ2v) is 8.46. The molecule has 34 heavy (non-hydrogen) atoms. The molecule has 9 heteroatoms. The van der Waals surface area contributed by atoms with E-state index in [-0.39, 0.29) is 0 Å². The molecule has 0 aliphatic rings. The largest absolute Gasteiger partial charge is 0.454 e. The molecule has 0 bridgehead atoms. The molecule has 3 aromatic rings. The van der Waals surface area contributed by atoms with Crippen LogP contribution in [0.25, 0.3) is 6.08 Å². The van der Waals surface area contributed by atoms with Crippen LogP contribution in [0.4, 0.5) is 18.9 Å². The predicted molar refractivity (Wildman–Crippen MR) is 128 cm³/mol. The summed E-state index contributed by atoms with van der Waals surface area (Å²) in [5, 5.41) is 0.525. The van der Waals surface area contributed by atoms with Crippen molar-refractivity contribution >= 4 is 51.2 Å². The summed E-state index contributed by atoms with van der Waals surface area (Å²) < 4.78 is 43.6. The lowest BCUT2D eigenvalue weighted by atomic mass is 10.0. The molecular weight excluding hydrogens is 535 g/mol. The highest BCUT2D eigenvalue weighted by molar-refractivity contribution is 9.10. The highest BCUT2D eigenvalue weighted by Gasteiger charge is 2.36. The molecule has 0 aliphatic carbocycles. The van der Waals surface area contributed by atoms with Gasteiger partial charge < -0.3 is 4.74 Å². The molecule has 0 spiro atoms. The maximum atomic E-state index is 13.4. The van der Waals surface area contributed by atoms with Gasteiger partial charge >= 0.3 is 12.1 Å². The third kappa shape index (κ3) is 7.20. The van der Waals surface area contributed by atoms with Crippen LogP contribution >= 0.6 is 27.5 Å². The number of rotatable bonds is 7. The number of anilines is 1. The molecule has 0 saturated carbocycles. The summed E-state index contributed by atoms with van der Waals surface area (Å²) in [6.45, 7) is -1.77. The highest BCUT2D eigenvalue weighted by Crippen LogP contribution is 2.31. The molecule has 0 saturated heterocycles. The maximum absolute atomic E-state index is 13.4. The molecule has 3 rings (SSSR count). The van der Waals surface area contributed by atoms with Gasteiger partial charge in [0.25, 0.3) is 5.91 Å². The summed E-state index contributed by atoms with van der Waals surface area (Å²) in [5.74, 6) is -1.84. The van der Waals surface area contributed by atoms with E-state index in [1.54, 1.807) is 78.9 Å². The summed E-state index contributed by atoms with van der Waals surface area (Å²) in [5.41, 5.74) is 1.27. The fourth-order valence-corrected chi connectivity index (χ4v) is 3.48. The number of nitrogens with zero attached hydrogens (tertiary/aromatic N) is 1. The van der Waals surface area contributed by atoms with Gasteiger partial charge in [-0.2, -0.15) is 13.2 Å². The molecule has 1 atom stereocenters. The van der Waals surface area contributed by atoms with Crippen molar-refractivity contribution in [2.24, 2.45) is 0 Å². The van der Waals surface area contributed by atoms with Crippen molar-refractivity contribution in [3.05, 3.63) is 106 Å². The molecule has 0 aromatic heterocycles. The van der Waals surface area contributed by atoms with E-state index in [0.717, 1.165) is 9.37 Å². The van der Waals surface area contributed by atoms with E-state index in [1.807, 2.05) is 0 Å². The first kappa shape index (κ1) is 25.5.